The second-order valence-corrected chi connectivity index (χ2v) is 1.79. The average molecular weight is 132 g/mol. The van der Waals surface area contributed by atoms with Gasteiger partial charge in [-0.25, -0.2) is 0 Å². The molecule has 2 radical (unpaired) electrons. The van der Waals surface area contributed by atoms with Gasteiger partial charge in [0.25, 0.3) is 0 Å². The van der Waals surface area contributed by atoms with E-state index in [-0.39, 0.29) is 23.1 Å². The van der Waals surface area contributed by atoms with Crippen LogP contribution < -0.4 is 0 Å². The Bertz CT molecular complexity index is 165. The molecule has 1 aromatic rings. The fourth-order valence-corrected chi connectivity index (χ4v) is 0.563. The van der Waals surface area contributed by atoms with Crippen molar-refractivity contribution in [1.29, 1.82) is 0 Å². The predicted octanol–water partition coefficient (Wildman–Crippen LogP) is 1.32. The third-order valence-corrected chi connectivity index (χ3v) is 1.12. The van der Waals surface area contributed by atoms with E-state index in [9.17, 15) is 0 Å². The van der Waals surface area contributed by atoms with E-state index in [4.69, 9.17) is 5.11 Å². The molecule has 1 rings (SSSR count). The molecule has 0 saturated heterocycles. The summed E-state index contributed by atoms with van der Waals surface area (Å²) in [5.74, 6) is 0.368. The zero-order valence-corrected chi connectivity index (χ0v) is 6.88. The Morgan fingerprint density at radius 3 is 2.11 bits per heavy atom. The molecule has 0 aliphatic carbocycles. The Morgan fingerprint density at radius 1 is 1.22 bits per heavy atom. The van der Waals surface area contributed by atoms with Crippen molar-refractivity contribution in [1.82, 2.24) is 0 Å². The maximum atomic E-state index is 8.92. The van der Waals surface area contributed by atoms with Crippen LogP contribution >= 0.6 is 0 Å². The summed E-state index contributed by atoms with van der Waals surface area (Å²) in [6.45, 7) is 1.87. The minimum Gasteiger partial charge on any atom is -0.508 e. The van der Waals surface area contributed by atoms with Gasteiger partial charge in [-0.2, -0.15) is 0 Å². The Kier molecular flexibility index (Phi) is 3.66. The molecule has 0 fully saturated rings. The molecule has 0 aliphatic heterocycles. The van der Waals surface area contributed by atoms with E-state index in [1.54, 1.807) is 6.07 Å². The Balaban J connectivity index is 0.000000640. The highest BCUT2D eigenvalue weighted by Crippen LogP contribution is 2.12. The monoisotopic (exact) mass is 132 g/mol. The van der Waals surface area contributed by atoms with Crippen molar-refractivity contribution < 1.29 is 5.11 Å². The number of hydrogen-bond donors (Lipinski definition) is 1. The number of rotatable bonds is 0. The Morgan fingerprint density at radius 2 is 1.78 bits per heavy atom. The van der Waals surface area contributed by atoms with Crippen molar-refractivity contribution in [3.8, 4) is 5.75 Å². The molecule has 0 aromatic heterocycles. The van der Waals surface area contributed by atoms with Gasteiger partial charge in [-0.3, -0.25) is 0 Å². The van der Waals surface area contributed by atoms with Gasteiger partial charge < -0.3 is 5.11 Å². The van der Waals surface area contributed by atoms with Crippen molar-refractivity contribution >= 4 is 23.1 Å². The van der Waals surface area contributed by atoms with Crippen LogP contribution in [-0.4, -0.2) is 28.2 Å². The number of phenolic OH excluding ortho intramolecular Hbond substituents is 1. The Labute approximate surface area is 70.9 Å². The second kappa shape index (κ2) is 3.74. The normalized spacial score (nSPS) is 8.11. The molecule has 1 N–H and O–H groups in total. The van der Waals surface area contributed by atoms with Crippen molar-refractivity contribution in [2.75, 3.05) is 0 Å². The number of hydrogen-bond acceptors (Lipinski definition) is 1. The van der Waals surface area contributed by atoms with Gasteiger partial charge in [-0.15, -0.1) is 0 Å². The first-order chi connectivity index (χ1) is 3.80. The van der Waals surface area contributed by atoms with Crippen molar-refractivity contribution in [3.63, 3.8) is 0 Å². The van der Waals surface area contributed by atoms with E-state index in [0.717, 1.165) is 5.56 Å². The smallest absolute Gasteiger partial charge is 0.118 e. The molecule has 0 spiro atoms. The fraction of sp³-hybridized carbons (Fsp3) is 0.143. The molecule has 0 bridgehead atoms. The maximum absolute atomic E-state index is 8.92. The van der Waals surface area contributed by atoms with E-state index in [1.807, 2.05) is 25.1 Å². The lowest BCUT2D eigenvalue weighted by atomic mass is 10.2. The molecule has 0 atom stereocenters. The topological polar surface area (TPSA) is 20.2 Å². The summed E-state index contributed by atoms with van der Waals surface area (Å²) >= 11 is 0. The first-order valence-electron chi connectivity index (χ1n) is 2.55. The van der Waals surface area contributed by atoms with Gasteiger partial charge in [-0.1, -0.05) is 18.2 Å². The zero-order valence-electron chi connectivity index (χ0n) is 5.46. The molecular formula is C7H8MgO. The highest BCUT2D eigenvalue weighted by atomic mass is 24.3. The number of aromatic hydroxyl groups is 1. The molecule has 1 aromatic carbocycles. The van der Waals surface area contributed by atoms with E-state index < -0.39 is 0 Å². The van der Waals surface area contributed by atoms with Crippen LogP contribution in [0.2, 0.25) is 0 Å². The Hall–Kier alpha value is -0.214. The number of para-hydroxylation sites is 1. The van der Waals surface area contributed by atoms with Crippen LogP contribution in [0.5, 0.6) is 5.75 Å². The minimum absolute atomic E-state index is 0. The van der Waals surface area contributed by atoms with Crippen LogP contribution in [0.3, 0.4) is 0 Å². The van der Waals surface area contributed by atoms with E-state index >= 15 is 0 Å². The van der Waals surface area contributed by atoms with Gasteiger partial charge in [0, 0.05) is 23.1 Å². The third-order valence-electron chi connectivity index (χ3n) is 1.12. The van der Waals surface area contributed by atoms with E-state index in [2.05, 4.69) is 0 Å². The predicted molar refractivity (Wildman–Crippen MR) is 38.6 cm³/mol. The van der Waals surface area contributed by atoms with Crippen LogP contribution in [0.4, 0.5) is 0 Å². The number of aryl methyl sites for hydroxylation is 1. The van der Waals surface area contributed by atoms with Crippen LogP contribution in [0.25, 0.3) is 0 Å². The van der Waals surface area contributed by atoms with Gasteiger partial charge in [0.05, 0.1) is 0 Å². The van der Waals surface area contributed by atoms with Crippen LogP contribution in [0, 0.1) is 6.92 Å². The van der Waals surface area contributed by atoms with Crippen LogP contribution in [0.1, 0.15) is 5.56 Å². The van der Waals surface area contributed by atoms with Crippen molar-refractivity contribution in [2.45, 2.75) is 6.92 Å². The number of phenols is 1. The molecule has 0 amide bonds. The molecule has 0 saturated carbocycles. The molecular weight excluding hydrogens is 124 g/mol. The average Bonchev–Trinajstić information content (AvgIpc) is 1.77. The third kappa shape index (κ3) is 2.24. The second-order valence-electron chi connectivity index (χ2n) is 1.79. The van der Waals surface area contributed by atoms with Crippen molar-refractivity contribution in [3.05, 3.63) is 29.8 Å². The standard InChI is InChI=1S/C7H8O.Mg/c1-6-4-2-3-5-7(6)8;/h2-5,8H,1H3;. The minimum atomic E-state index is 0. The molecule has 0 aliphatic rings. The fourth-order valence-electron chi connectivity index (χ4n) is 0.563. The van der Waals surface area contributed by atoms with Gasteiger partial charge in [0.1, 0.15) is 5.75 Å². The first-order valence-corrected chi connectivity index (χ1v) is 2.55. The lowest BCUT2D eigenvalue weighted by molar-refractivity contribution is 0.471. The van der Waals surface area contributed by atoms with Gasteiger partial charge in [0.15, 0.2) is 0 Å². The van der Waals surface area contributed by atoms with Crippen molar-refractivity contribution in [2.24, 2.45) is 0 Å². The van der Waals surface area contributed by atoms with E-state index in [1.165, 1.54) is 0 Å². The van der Waals surface area contributed by atoms with Crippen LogP contribution in [0.15, 0.2) is 24.3 Å². The largest absolute Gasteiger partial charge is 0.508 e. The lowest BCUT2D eigenvalue weighted by Gasteiger charge is -1.92. The van der Waals surface area contributed by atoms with Gasteiger partial charge in [-0.05, 0) is 18.6 Å². The highest BCUT2D eigenvalue weighted by molar-refractivity contribution is 5.75. The highest BCUT2D eigenvalue weighted by Gasteiger charge is 1.86. The molecule has 9 heavy (non-hydrogen) atoms. The van der Waals surface area contributed by atoms with Gasteiger partial charge in [0.2, 0.25) is 0 Å². The molecule has 0 heterocycles. The van der Waals surface area contributed by atoms with E-state index in [0.29, 0.717) is 5.75 Å². The summed E-state index contributed by atoms with van der Waals surface area (Å²) in [6.07, 6.45) is 0. The quantitative estimate of drug-likeness (QED) is 0.528. The summed E-state index contributed by atoms with van der Waals surface area (Å²) in [7, 11) is 0. The zero-order chi connectivity index (χ0) is 5.98. The SMILES string of the molecule is Cc1ccccc1O.[Mg]. The summed E-state index contributed by atoms with van der Waals surface area (Å²) in [4.78, 5) is 0. The van der Waals surface area contributed by atoms with Gasteiger partial charge >= 0.3 is 0 Å². The maximum Gasteiger partial charge on any atom is 0.118 e. The summed E-state index contributed by atoms with van der Waals surface area (Å²) < 4.78 is 0. The summed E-state index contributed by atoms with van der Waals surface area (Å²) in [5.41, 5.74) is 0.924. The molecule has 44 valence electrons. The lowest BCUT2D eigenvalue weighted by Crippen LogP contribution is -1.68. The first kappa shape index (κ1) is 8.79. The summed E-state index contributed by atoms with van der Waals surface area (Å²) in [6, 6.07) is 7.25. The number of benzene rings is 1. The molecule has 1 nitrogen and oxygen atoms in total. The van der Waals surface area contributed by atoms with Crippen LogP contribution in [-0.2, 0) is 0 Å². The molecule has 0 unspecified atom stereocenters. The molecule has 2 heteroatoms. The summed E-state index contributed by atoms with van der Waals surface area (Å²) in [5, 5.41) is 8.92.